The first-order valence-corrected chi connectivity index (χ1v) is 18.9. The minimum Gasteiger partial charge on any atom is -0.460 e. The van der Waals surface area contributed by atoms with Crippen LogP contribution in [0.5, 0.6) is 0 Å². The number of carbonyl (C=O) groups is 1. The largest absolute Gasteiger partial charge is 0.460 e. The summed E-state index contributed by atoms with van der Waals surface area (Å²) >= 11 is 0. The number of hydrogen-bond acceptors (Lipinski definition) is 7. The third-order valence-electron chi connectivity index (χ3n) is 9.78. The van der Waals surface area contributed by atoms with Crippen LogP contribution in [0.15, 0.2) is 30.3 Å². The summed E-state index contributed by atoms with van der Waals surface area (Å²) in [4.78, 5) is 12.7. The molecule has 0 bridgehead atoms. The van der Waals surface area contributed by atoms with Gasteiger partial charge in [0.05, 0.1) is 25.2 Å². The lowest BCUT2D eigenvalue weighted by atomic mass is 9.83. The van der Waals surface area contributed by atoms with Gasteiger partial charge in [0.15, 0.2) is 19.9 Å². The van der Waals surface area contributed by atoms with Crippen LogP contribution in [0.2, 0.25) is 18.1 Å². The summed E-state index contributed by atoms with van der Waals surface area (Å²) in [6.07, 6.45) is 4.73. The monoisotopic (exact) mass is 604 g/mol. The Balaban J connectivity index is 1.49. The predicted molar refractivity (Wildman–Crippen MR) is 166 cm³/mol. The molecule has 3 aliphatic rings. The average molecular weight is 605 g/mol. The van der Waals surface area contributed by atoms with E-state index in [0.717, 1.165) is 50.2 Å². The summed E-state index contributed by atoms with van der Waals surface area (Å²) in [5, 5.41) is 0. The number of hydrogen-bond donors (Lipinski definition) is 0. The lowest BCUT2D eigenvalue weighted by Gasteiger charge is -2.54. The molecule has 6 atom stereocenters. The normalized spacial score (nSPS) is 33.5. The number of rotatable bonds is 12. The van der Waals surface area contributed by atoms with Gasteiger partial charge in [-0.15, -0.1) is 0 Å². The van der Waals surface area contributed by atoms with Crippen LogP contribution in [0.25, 0.3) is 0 Å². The Morgan fingerprint density at radius 3 is 2.36 bits per heavy atom. The molecule has 2 spiro atoms. The van der Waals surface area contributed by atoms with Gasteiger partial charge in [0, 0.05) is 25.9 Å². The van der Waals surface area contributed by atoms with Gasteiger partial charge >= 0.3 is 5.97 Å². The van der Waals surface area contributed by atoms with Gasteiger partial charge in [-0.2, -0.15) is 0 Å². The highest BCUT2D eigenvalue weighted by Gasteiger charge is 2.66. The fraction of sp³-hybridized carbons (Fsp3) is 0.794. The second-order valence-corrected chi connectivity index (χ2v) is 18.8. The number of ether oxygens (including phenoxy) is 5. The third-order valence-corrected chi connectivity index (χ3v) is 14.5. The van der Waals surface area contributed by atoms with Gasteiger partial charge in [-0.3, -0.25) is 4.79 Å². The van der Waals surface area contributed by atoms with Crippen LogP contribution in [0.4, 0.5) is 0 Å². The molecule has 1 aromatic carbocycles. The Bertz CT molecular complexity index is 1020. The molecule has 3 fully saturated rings. The lowest BCUT2D eigenvalue weighted by Crippen LogP contribution is -2.64. The Morgan fingerprint density at radius 2 is 1.71 bits per heavy atom. The fourth-order valence-electron chi connectivity index (χ4n) is 7.13. The summed E-state index contributed by atoms with van der Waals surface area (Å²) in [7, 11) is -1.97. The Morgan fingerprint density at radius 1 is 1.02 bits per heavy atom. The summed E-state index contributed by atoms with van der Waals surface area (Å²) < 4.78 is 39.7. The number of benzene rings is 1. The SMILES string of the molecule is CC[Si](CC)(CC)O[C@]1(C)CC[C@@H](CCOCc2ccccc2)O[C@]12CC[C@]1(C[C@@H](C)[C@H](CC(=O)OC(C)(C)C)O1)O2. The molecule has 0 N–H and O–H groups in total. The van der Waals surface area contributed by atoms with Gasteiger partial charge in [0.1, 0.15) is 11.2 Å². The van der Waals surface area contributed by atoms with E-state index >= 15 is 0 Å². The first-order chi connectivity index (χ1) is 19.8. The molecule has 7 nitrogen and oxygen atoms in total. The molecule has 0 aliphatic carbocycles. The molecule has 0 radical (unpaired) electrons. The highest BCUT2D eigenvalue weighted by Crippen LogP contribution is 2.57. The van der Waals surface area contributed by atoms with Crippen LogP contribution in [0, 0.1) is 5.92 Å². The van der Waals surface area contributed by atoms with Crippen LogP contribution >= 0.6 is 0 Å². The van der Waals surface area contributed by atoms with Crippen molar-refractivity contribution < 1.29 is 32.9 Å². The van der Waals surface area contributed by atoms with E-state index in [-0.39, 0.29) is 30.5 Å². The Kier molecular flexibility index (Phi) is 10.7. The van der Waals surface area contributed by atoms with Crippen LogP contribution in [0.3, 0.4) is 0 Å². The quantitative estimate of drug-likeness (QED) is 0.136. The molecule has 0 aromatic heterocycles. The van der Waals surface area contributed by atoms with Crippen molar-refractivity contribution in [1.82, 2.24) is 0 Å². The highest BCUT2D eigenvalue weighted by molar-refractivity contribution is 6.73. The molecular formula is C34H56O7Si. The summed E-state index contributed by atoms with van der Waals surface area (Å²) in [5.41, 5.74) is 0.0874. The maximum absolute atomic E-state index is 12.7. The van der Waals surface area contributed by atoms with E-state index < -0.39 is 31.1 Å². The zero-order valence-corrected chi connectivity index (χ0v) is 28.5. The molecule has 0 unspecified atom stereocenters. The van der Waals surface area contributed by atoms with Gasteiger partial charge in [0.25, 0.3) is 0 Å². The van der Waals surface area contributed by atoms with E-state index in [9.17, 15) is 4.79 Å². The van der Waals surface area contributed by atoms with E-state index in [2.05, 4.69) is 46.8 Å². The highest BCUT2D eigenvalue weighted by atomic mass is 28.4. The Hall–Kier alpha value is -1.29. The second kappa shape index (κ2) is 13.4. The molecule has 3 heterocycles. The molecule has 1 aromatic rings. The Labute approximate surface area is 255 Å². The van der Waals surface area contributed by atoms with Crippen molar-refractivity contribution in [3.63, 3.8) is 0 Å². The summed E-state index contributed by atoms with van der Waals surface area (Å²) in [5.74, 6) is -1.74. The van der Waals surface area contributed by atoms with Crippen molar-refractivity contribution in [2.24, 2.45) is 5.92 Å². The van der Waals surface area contributed by atoms with Crippen molar-refractivity contribution in [2.75, 3.05) is 6.61 Å². The van der Waals surface area contributed by atoms with E-state index in [0.29, 0.717) is 19.6 Å². The molecule has 4 rings (SSSR count). The van der Waals surface area contributed by atoms with E-state index in [1.165, 1.54) is 5.56 Å². The topological polar surface area (TPSA) is 72.5 Å². The summed E-state index contributed by atoms with van der Waals surface area (Å²) in [6, 6.07) is 13.5. The number of carbonyl (C=O) groups excluding carboxylic acids is 1. The first-order valence-electron chi connectivity index (χ1n) is 16.4. The maximum Gasteiger partial charge on any atom is 0.308 e. The molecule has 0 amide bonds. The van der Waals surface area contributed by atoms with Crippen LogP contribution in [-0.4, -0.2) is 55.9 Å². The maximum atomic E-state index is 12.7. The molecular weight excluding hydrogens is 548 g/mol. The summed E-state index contributed by atoms with van der Waals surface area (Å²) in [6.45, 7) is 18.1. The van der Waals surface area contributed by atoms with Gasteiger partial charge in [-0.05, 0) is 76.6 Å². The fourth-order valence-corrected chi connectivity index (χ4v) is 10.3. The molecule has 238 valence electrons. The predicted octanol–water partition coefficient (Wildman–Crippen LogP) is 7.91. The zero-order valence-electron chi connectivity index (χ0n) is 27.5. The molecule has 3 aliphatic heterocycles. The van der Waals surface area contributed by atoms with Gasteiger partial charge in [0.2, 0.25) is 0 Å². The zero-order chi connectivity index (χ0) is 30.7. The van der Waals surface area contributed by atoms with Crippen molar-refractivity contribution in [3.8, 4) is 0 Å². The molecule has 42 heavy (non-hydrogen) atoms. The third kappa shape index (κ3) is 7.67. The molecule has 3 saturated heterocycles. The van der Waals surface area contributed by atoms with E-state index in [4.69, 9.17) is 28.1 Å². The second-order valence-electron chi connectivity index (χ2n) is 14.1. The van der Waals surface area contributed by atoms with Gasteiger partial charge in [-0.1, -0.05) is 58.0 Å². The lowest BCUT2D eigenvalue weighted by molar-refractivity contribution is -0.384. The van der Waals surface area contributed by atoms with Gasteiger partial charge in [-0.25, -0.2) is 0 Å². The molecule has 0 saturated carbocycles. The van der Waals surface area contributed by atoms with Crippen LogP contribution < -0.4 is 0 Å². The van der Waals surface area contributed by atoms with E-state index in [1.54, 1.807) is 0 Å². The van der Waals surface area contributed by atoms with Crippen molar-refractivity contribution in [2.45, 2.75) is 160 Å². The smallest absolute Gasteiger partial charge is 0.308 e. The number of esters is 1. The minimum atomic E-state index is -1.97. The standard InChI is InChI=1S/C34H56O7Si/c1-9-42(10-2,11-3)41-32(8)19-17-28(18-22-36-25-27-15-13-12-14-16-27)37-34(32)21-20-33(40-34)24-26(4)29(38-33)23-30(35)39-31(5,6)7/h12-16,26,28-29H,9-11,17-25H2,1-8H3/t26-,28+,29+,32-,33-,34+/m1/s1. The van der Waals surface area contributed by atoms with Crippen LogP contribution in [-0.2, 0) is 39.5 Å². The van der Waals surface area contributed by atoms with E-state index in [1.807, 2.05) is 39.0 Å². The van der Waals surface area contributed by atoms with Crippen molar-refractivity contribution in [3.05, 3.63) is 35.9 Å². The van der Waals surface area contributed by atoms with Crippen LogP contribution in [0.1, 0.15) is 106 Å². The van der Waals surface area contributed by atoms with Crippen molar-refractivity contribution in [1.29, 1.82) is 0 Å². The van der Waals surface area contributed by atoms with Crippen molar-refractivity contribution >= 4 is 14.3 Å². The molecule has 8 heteroatoms. The first kappa shape index (κ1) is 33.6. The average Bonchev–Trinajstić information content (AvgIpc) is 3.45. The minimum absolute atomic E-state index is 0.0185. The van der Waals surface area contributed by atoms with Gasteiger partial charge < -0.3 is 28.1 Å².